The molecular weight excluding hydrogens is 342 g/mol. The summed E-state index contributed by atoms with van der Waals surface area (Å²) in [5, 5.41) is 13.4. The number of aromatic nitrogens is 4. The fourth-order valence-corrected chi connectivity index (χ4v) is 3.52. The van der Waals surface area contributed by atoms with Crippen LogP contribution in [0.15, 0.2) is 49.1 Å². The summed E-state index contributed by atoms with van der Waals surface area (Å²) >= 11 is 7.54. The molecule has 0 bridgehead atoms. The van der Waals surface area contributed by atoms with Crippen LogP contribution in [0.3, 0.4) is 0 Å². The first kappa shape index (κ1) is 14.8. The Labute approximate surface area is 146 Å². The standard InChI is InChI=1S/C17H10ClN5S/c18-17-2-1-16(24-17)13-4-15-14(21-8-13)9-22-23(15)10-12-3-11(5-19)6-20-7-12/h1-4,6-9H,10H2. The Morgan fingerprint density at radius 2 is 2.08 bits per heavy atom. The number of thiophene rings is 1. The van der Waals surface area contributed by atoms with Gasteiger partial charge in [-0.15, -0.1) is 11.3 Å². The van der Waals surface area contributed by atoms with Gasteiger partial charge in [0.05, 0.1) is 28.2 Å². The molecule has 0 aliphatic heterocycles. The molecule has 0 N–H and O–H groups in total. The summed E-state index contributed by atoms with van der Waals surface area (Å²) in [6, 6.07) is 9.83. The van der Waals surface area contributed by atoms with Crippen LogP contribution in [0.5, 0.6) is 0 Å². The van der Waals surface area contributed by atoms with Crippen LogP contribution in [-0.2, 0) is 6.54 Å². The molecule has 4 aromatic rings. The normalized spacial score (nSPS) is 10.8. The van der Waals surface area contributed by atoms with Crippen molar-refractivity contribution >= 4 is 34.0 Å². The fraction of sp³-hybridized carbons (Fsp3) is 0.0588. The first-order valence-corrected chi connectivity index (χ1v) is 8.34. The van der Waals surface area contributed by atoms with Gasteiger partial charge in [0.25, 0.3) is 0 Å². The summed E-state index contributed by atoms with van der Waals surface area (Å²) in [5.41, 5.74) is 4.22. The summed E-state index contributed by atoms with van der Waals surface area (Å²) in [7, 11) is 0. The van der Waals surface area contributed by atoms with Crippen LogP contribution in [0.1, 0.15) is 11.1 Å². The largest absolute Gasteiger partial charge is 0.263 e. The number of nitrogens with zero attached hydrogens (tertiary/aromatic N) is 5. The van der Waals surface area contributed by atoms with E-state index < -0.39 is 0 Å². The summed E-state index contributed by atoms with van der Waals surface area (Å²) in [5.74, 6) is 0. The Morgan fingerprint density at radius 1 is 1.17 bits per heavy atom. The van der Waals surface area contributed by atoms with Gasteiger partial charge in [0.2, 0.25) is 0 Å². The number of rotatable bonds is 3. The van der Waals surface area contributed by atoms with E-state index in [1.54, 1.807) is 18.6 Å². The second kappa shape index (κ2) is 6.04. The molecule has 0 aliphatic rings. The third-order valence-electron chi connectivity index (χ3n) is 3.61. The van der Waals surface area contributed by atoms with E-state index in [0.717, 1.165) is 31.4 Å². The monoisotopic (exact) mass is 351 g/mol. The van der Waals surface area contributed by atoms with Crippen molar-refractivity contribution in [2.24, 2.45) is 0 Å². The maximum absolute atomic E-state index is 8.99. The second-order valence-corrected chi connectivity index (χ2v) is 6.94. The zero-order chi connectivity index (χ0) is 16.5. The predicted molar refractivity (Wildman–Crippen MR) is 93.9 cm³/mol. The maximum atomic E-state index is 8.99. The van der Waals surface area contributed by atoms with Crippen LogP contribution in [-0.4, -0.2) is 19.7 Å². The summed E-state index contributed by atoms with van der Waals surface area (Å²) in [4.78, 5) is 9.63. The summed E-state index contributed by atoms with van der Waals surface area (Å²) in [6.07, 6.45) is 6.85. The Bertz CT molecular complexity index is 1080. The van der Waals surface area contributed by atoms with Crippen LogP contribution in [0.2, 0.25) is 4.34 Å². The average molecular weight is 352 g/mol. The van der Waals surface area contributed by atoms with Gasteiger partial charge in [0.15, 0.2) is 0 Å². The van der Waals surface area contributed by atoms with Crippen LogP contribution >= 0.6 is 22.9 Å². The third kappa shape index (κ3) is 2.75. The van der Waals surface area contributed by atoms with Gasteiger partial charge in [-0.05, 0) is 29.8 Å². The van der Waals surface area contributed by atoms with Crippen molar-refractivity contribution in [3.63, 3.8) is 0 Å². The minimum Gasteiger partial charge on any atom is -0.263 e. The van der Waals surface area contributed by atoms with E-state index in [4.69, 9.17) is 16.9 Å². The van der Waals surface area contributed by atoms with E-state index in [2.05, 4.69) is 27.2 Å². The maximum Gasteiger partial charge on any atom is 0.108 e. The third-order valence-corrected chi connectivity index (χ3v) is 4.89. The number of pyridine rings is 2. The van der Waals surface area contributed by atoms with E-state index in [0.29, 0.717) is 12.1 Å². The van der Waals surface area contributed by atoms with E-state index in [9.17, 15) is 0 Å². The van der Waals surface area contributed by atoms with Crippen LogP contribution in [0.4, 0.5) is 0 Å². The smallest absolute Gasteiger partial charge is 0.108 e. The second-order valence-electron chi connectivity index (χ2n) is 5.23. The number of nitriles is 1. The minimum atomic E-state index is 0.530. The molecule has 0 saturated heterocycles. The molecule has 0 amide bonds. The molecule has 0 aliphatic carbocycles. The predicted octanol–water partition coefficient (Wildman–Crippen LogP) is 4.13. The van der Waals surface area contributed by atoms with Gasteiger partial charge < -0.3 is 0 Å². The van der Waals surface area contributed by atoms with Crippen LogP contribution in [0, 0.1) is 11.3 Å². The van der Waals surface area contributed by atoms with Crippen molar-refractivity contribution in [2.75, 3.05) is 0 Å². The molecule has 4 aromatic heterocycles. The summed E-state index contributed by atoms with van der Waals surface area (Å²) in [6.45, 7) is 0.530. The molecule has 24 heavy (non-hydrogen) atoms. The van der Waals surface area contributed by atoms with Crippen molar-refractivity contribution in [3.8, 4) is 16.5 Å². The molecule has 0 unspecified atom stereocenters. The molecule has 0 atom stereocenters. The first-order valence-electron chi connectivity index (χ1n) is 7.14. The van der Waals surface area contributed by atoms with Crippen LogP contribution in [0.25, 0.3) is 21.5 Å². The van der Waals surface area contributed by atoms with E-state index in [1.807, 2.05) is 29.1 Å². The van der Waals surface area contributed by atoms with Gasteiger partial charge in [-0.3, -0.25) is 14.6 Å². The Hall–Kier alpha value is -2.75. The molecule has 0 fully saturated rings. The van der Waals surface area contributed by atoms with E-state index in [1.165, 1.54) is 11.3 Å². The van der Waals surface area contributed by atoms with Gasteiger partial charge in [-0.25, -0.2) is 0 Å². The van der Waals surface area contributed by atoms with Crippen molar-refractivity contribution in [2.45, 2.75) is 6.54 Å². The van der Waals surface area contributed by atoms with Crippen molar-refractivity contribution < 1.29 is 0 Å². The van der Waals surface area contributed by atoms with Crippen LogP contribution < -0.4 is 0 Å². The lowest BCUT2D eigenvalue weighted by Crippen LogP contribution is -2.02. The van der Waals surface area contributed by atoms with Crippen molar-refractivity contribution in [1.29, 1.82) is 5.26 Å². The van der Waals surface area contributed by atoms with Gasteiger partial charge in [0.1, 0.15) is 11.6 Å². The van der Waals surface area contributed by atoms with Crippen molar-refractivity contribution in [1.82, 2.24) is 19.7 Å². The van der Waals surface area contributed by atoms with Gasteiger partial charge in [-0.2, -0.15) is 10.4 Å². The number of halogens is 1. The lowest BCUT2D eigenvalue weighted by atomic mass is 10.2. The Kier molecular flexibility index (Phi) is 3.73. The highest BCUT2D eigenvalue weighted by molar-refractivity contribution is 7.19. The molecule has 4 rings (SSSR count). The SMILES string of the molecule is N#Cc1cncc(Cn2ncc3ncc(-c4ccc(Cl)s4)cc32)c1. The molecule has 0 spiro atoms. The zero-order valence-corrected chi connectivity index (χ0v) is 13.9. The van der Waals surface area contributed by atoms with E-state index in [-0.39, 0.29) is 0 Å². The molecule has 0 aromatic carbocycles. The first-order chi connectivity index (χ1) is 11.7. The molecule has 7 heteroatoms. The number of fused-ring (bicyclic) bond motifs is 1. The average Bonchev–Trinajstić information content (AvgIpc) is 3.21. The van der Waals surface area contributed by atoms with Gasteiger partial charge in [0, 0.05) is 29.0 Å². The highest BCUT2D eigenvalue weighted by Gasteiger charge is 2.09. The summed E-state index contributed by atoms with van der Waals surface area (Å²) < 4.78 is 2.61. The highest BCUT2D eigenvalue weighted by atomic mass is 35.5. The van der Waals surface area contributed by atoms with E-state index >= 15 is 0 Å². The Morgan fingerprint density at radius 3 is 2.88 bits per heavy atom. The molecular formula is C17H10ClN5S. The Balaban J connectivity index is 1.74. The lowest BCUT2D eigenvalue weighted by Gasteiger charge is -2.05. The molecule has 4 heterocycles. The number of hydrogen-bond donors (Lipinski definition) is 0. The highest BCUT2D eigenvalue weighted by Crippen LogP contribution is 2.31. The molecule has 0 radical (unpaired) electrons. The fourth-order valence-electron chi connectivity index (χ4n) is 2.49. The van der Waals surface area contributed by atoms with Crippen molar-refractivity contribution in [3.05, 3.63) is 64.5 Å². The van der Waals surface area contributed by atoms with Gasteiger partial charge >= 0.3 is 0 Å². The zero-order valence-electron chi connectivity index (χ0n) is 12.3. The molecule has 0 saturated carbocycles. The van der Waals surface area contributed by atoms with Gasteiger partial charge in [-0.1, -0.05) is 11.6 Å². The lowest BCUT2D eigenvalue weighted by molar-refractivity contribution is 0.709. The quantitative estimate of drug-likeness (QED) is 0.556. The molecule has 5 nitrogen and oxygen atoms in total. The minimum absolute atomic E-state index is 0.530. The topological polar surface area (TPSA) is 67.4 Å². The molecule has 116 valence electrons. The number of hydrogen-bond acceptors (Lipinski definition) is 5.